The summed E-state index contributed by atoms with van der Waals surface area (Å²) in [5.74, 6) is 0.289. The van der Waals surface area contributed by atoms with E-state index in [1.807, 2.05) is 32.9 Å². The highest BCUT2D eigenvalue weighted by Crippen LogP contribution is 2.32. The fourth-order valence-corrected chi connectivity index (χ4v) is 2.81. The molecule has 1 aliphatic rings. The number of hydrogen-bond acceptors (Lipinski definition) is 3. The molecule has 1 aromatic carbocycles. The van der Waals surface area contributed by atoms with Crippen LogP contribution in [0.2, 0.25) is 0 Å². The van der Waals surface area contributed by atoms with Gasteiger partial charge >= 0.3 is 6.09 Å². The van der Waals surface area contributed by atoms with Gasteiger partial charge in [-0.15, -0.1) is 0 Å². The van der Waals surface area contributed by atoms with Gasteiger partial charge in [0.25, 0.3) is 0 Å². The number of nitrogens with zero attached hydrogens (tertiary/aromatic N) is 2. The summed E-state index contributed by atoms with van der Waals surface area (Å²) in [6.45, 7) is 6.96. The van der Waals surface area contributed by atoms with Crippen LogP contribution in [0.1, 0.15) is 32.4 Å². The van der Waals surface area contributed by atoms with E-state index in [9.17, 15) is 4.79 Å². The highest BCUT2D eigenvalue weighted by Gasteiger charge is 2.36. The zero-order valence-corrected chi connectivity index (χ0v) is 13.9. The average molecular weight is 352 g/mol. The molecule has 5 nitrogen and oxygen atoms in total. The number of carbonyl (C=O) groups excluding carboxylic acids is 1. The molecule has 1 aromatic heterocycles. The lowest BCUT2D eigenvalue weighted by molar-refractivity contribution is 0.00797. The van der Waals surface area contributed by atoms with Crippen LogP contribution in [-0.4, -0.2) is 39.9 Å². The molecule has 0 aliphatic carbocycles. The third-order valence-electron chi connectivity index (χ3n) is 3.49. The Kier molecular flexibility index (Phi) is 3.43. The van der Waals surface area contributed by atoms with Crippen LogP contribution in [0.4, 0.5) is 4.79 Å². The fraction of sp³-hybridized carbons (Fsp3) is 0.467. The minimum atomic E-state index is -0.451. The first-order valence-electron chi connectivity index (χ1n) is 6.95. The zero-order valence-electron chi connectivity index (χ0n) is 12.3. The molecule has 0 atom stereocenters. The second-order valence-corrected chi connectivity index (χ2v) is 7.30. The maximum absolute atomic E-state index is 11.9. The number of rotatable bonds is 1. The summed E-state index contributed by atoms with van der Waals surface area (Å²) < 4.78 is 6.40. The van der Waals surface area contributed by atoms with E-state index in [2.05, 4.69) is 32.2 Å². The summed E-state index contributed by atoms with van der Waals surface area (Å²) in [4.78, 5) is 13.7. The molecule has 1 saturated heterocycles. The van der Waals surface area contributed by atoms with Crippen LogP contribution in [0.15, 0.2) is 22.7 Å². The number of amides is 1. The maximum Gasteiger partial charge on any atom is 0.410 e. The minimum Gasteiger partial charge on any atom is -0.444 e. The number of fused-ring (bicyclic) bond motifs is 1. The lowest BCUT2D eigenvalue weighted by atomic mass is 9.94. The molecule has 0 unspecified atom stereocenters. The van der Waals surface area contributed by atoms with E-state index in [1.54, 1.807) is 4.90 Å². The number of H-pyrrole nitrogens is 1. The van der Waals surface area contributed by atoms with Crippen molar-refractivity contribution >= 4 is 32.9 Å². The second-order valence-electron chi connectivity index (χ2n) is 6.38. The van der Waals surface area contributed by atoms with Gasteiger partial charge in [0.2, 0.25) is 0 Å². The lowest BCUT2D eigenvalue weighted by Crippen LogP contribution is -2.50. The van der Waals surface area contributed by atoms with E-state index in [-0.39, 0.29) is 12.0 Å². The number of aromatic amines is 1. The Labute approximate surface area is 131 Å². The van der Waals surface area contributed by atoms with Gasteiger partial charge in [0.15, 0.2) is 0 Å². The third kappa shape index (κ3) is 2.90. The molecule has 0 bridgehead atoms. The number of aromatic nitrogens is 2. The van der Waals surface area contributed by atoms with Crippen molar-refractivity contribution in [3.63, 3.8) is 0 Å². The second kappa shape index (κ2) is 5.02. The van der Waals surface area contributed by atoms with Crippen molar-refractivity contribution in [2.45, 2.75) is 32.3 Å². The highest BCUT2D eigenvalue weighted by atomic mass is 79.9. The monoisotopic (exact) mass is 351 g/mol. The molecule has 1 amide bonds. The van der Waals surface area contributed by atoms with E-state index in [0.717, 1.165) is 21.1 Å². The fourth-order valence-electron chi connectivity index (χ4n) is 2.45. The summed E-state index contributed by atoms with van der Waals surface area (Å²) in [6.07, 6.45) is -0.247. The van der Waals surface area contributed by atoms with Crippen LogP contribution < -0.4 is 0 Å². The predicted molar refractivity (Wildman–Crippen MR) is 84.3 cm³/mol. The Bertz CT molecular complexity index is 684. The van der Waals surface area contributed by atoms with Crippen LogP contribution in [0, 0.1) is 0 Å². The van der Waals surface area contributed by atoms with Gasteiger partial charge in [-0.1, -0.05) is 15.9 Å². The molecular formula is C15H18BrN3O2. The average Bonchev–Trinajstić information content (AvgIpc) is 2.68. The number of halogens is 1. The molecule has 6 heteroatoms. The van der Waals surface area contributed by atoms with Crippen molar-refractivity contribution < 1.29 is 9.53 Å². The van der Waals surface area contributed by atoms with Gasteiger partial charge in [0, 0.05) is 34.6 Å². The van der Waals surface area contributed by atoms with Crippen LogP contribution in [0.5, 0.6) is 0 Å². The molecular weight excluding hydrogens is 334 g/mol. The van der Waals surface area contributed by atoms with Crippen molar-refractivity contribution in [3.8, 4) is 0 Å². The van der Waals surface area contributed by atoms with E-state index in [0.29, 0.717) is 13.1 Å². The standard InChI is InChI=1S/C15H18BrN3O2/c1-15(2,3)21-14(20)19-7-9(8-19)13-11-6-10(16)4-5-12(11)17-18-13/h4-6,9H,7-8H2,1-3H3,(H,17,18). The Morgan fingerprint density at radius 3 is 2.81 bits per heavy atom. The summed E-state index contributed by atoms with van der Waals surface area (Å²) in [6, 6.07) is 6.01. The number of hydrogen-bond donors (Lipinski definition) is 1. The predicted octanol–water partition coefficient (Wildman–Crippen LogP) is 3.66. The quantitative estimate of drug-likeness (QED) is 0.852. The van der Waals surface area contributed by atoms with E-state index < -0.39 is 5.60 Å². The van der Waals surface area contributed by atoms with Crippen molar-refractivity contribution in [3.05, 3.63) is 28.4 Å². The minimum absolute atomic E-state index is 0.247. The Hall–Kier alpha value is -1.56. The number of ether oxygens (including phenoxy) is 1. The number of likely N-dealkylation sites (tertiary alicyclic amines) is 1. The molecule has 2 aromatic rings. The van der Waals surface area contributed by atoms with Crippen LogP contribution in [-0.2, 0) is 4.74 Å². The smallest absolute Gasteiger partial charge is 0.410 e. The van der Waals surface area contributed by atoms with Gasteiger partial charge in [-0.2, -0.15) is 5.10 Å². The molecule has 3 rings (SSSR count). The summed E-state index contributed by atoms with van der Waals surface area (Å²) in [5, 5.41) is 8.52. The molecule has 21 heavy (non-hydrogen) atoms. The molecule has 0 saturated carbocycles. The zero-order chi connectivity index (χ0) is 15.2. The Morgan fingerprint density at radius 2 is 2.14 bits per heavy atom. The topological polar surface area (TPSA) is 58.2 Å². The SMILES string of the molecule is CC(C)(C)OC(=O)N1CC(c2[nH]nc3ccc(Br)cc23)C1. The van der Waals surface area contributed by atoms with Gasteiger partial charge in [0.1, 0.15) is 5.60 Å². The van der Waals surface area contributed by atoms with E-state index in [1.165, 1.54) is 0 Å². The molecule has 112 valence electrons. The number of benzene rings is 1. The van der Waals surface area contributed by atoms with Crippen LogP contribution in [0.25, 0.3) is 10.9 Å². The lowest BCUT2D eigenvalue weighted by Gasteiger charge is -2.39. The summed E-state index contributed by atoms with van der Waals surface area (Å²) in [5.41, 5.74) is 1.59. The molecule has 2 heterocycles. The van der Waals surface area contributed by atoms with E-state index in [4.69, 9.17) is 4.74 Å². The summed E-state index contributed by atoms with van der Waals surface area (Å²) >= 11 is 3.48. The van der Waals surface area contributed by atoms with Gasteiger partial charge in [-0.05, 0) is 39.0 Å². The largest absolute Gasteiger partial charge is 0.444 e. The highest BCUT2D eigenvalue weighted by molar-refractivity contribution is 9.10. The molecule has 1 N–H and O–H groups in total. The van der Waals surface area contributed by atoms with Gasteiger partial charge in [-0.25, -0.2) is 4.79 Å². The van der Waals surface area contributed by atoms with Gasteiger partial charge in [0.05, 0.1) is 5.52 Å². The normalized spacial score (nSPS) is 16.1. The molecule has 1 aliphatic heterocycles. The Morgan fingerprint density at radius 1 is 1.43 bits per heavy atom. The van der Waals surface area contributed by atoms with Crippen molar-refractivity contribution in [1.29, 1.82) is 0 Å². The molecule has 1 fully saturated rings. The maximum atomic E-state index is 11.9. The van der Waals surface area contributed by atoms with Crippen molar-refractivity contribution in [2.75, 3.05) is 13.1 Å². The Balaban J connectivity index is 1.70. The first-order chi connectivity index (χ1) is 9.83. The number of carbonyl (C=O) groups is 1. The third-order valence-corrected chi connectivity index (χ3v) is 3.98. The van der Waals surface area contributed by atoms with Crippen molar-refractivity contribution in [1.82, 2.24) is 15.1 Å². The molecule has 0 radical (unpaired) electrons. The van der Waals surface area contributed by atoms with Crippen LogP contribution in [0.3, 0.4) is 0 Å². The van der Waals surface area contributed by atoms with Crippen LogP contribution >= 0.6 is 15.9 Å². The van der Waals surface area contributed by atoms with Gasteiger partial charge in [-0.3, -0.25) is 5.10 Å². The first kappa shape index (κ1) is 14.4. The van der Waals surface area contributed by atoms with Gasteiger partial charge < -0.3 is 9.64 Å². The summed E-state index contributed by atoms with van der Waals surface area (Å²) in [7, 11) is 0. The van der Waals surface area contributed by atoms with Crippen molar-refractivity contribution in [2.24, 2.45) is 0 Å². The molecule has 0 spiro atoms. The van der Waals surface area contributed by atoms with E-state index >= 15 is 0 Å². The number of nitrogens with one attached hydrogen (secondary N) is 1. The first-order valence-corrected chi connectivity index (χ1v) is 7.74.